The predicted molar refractivity (Wildman–Crippen MR) is 124 cm³/mol. The van der Waals surface area contributed by atoms with Crippen molar-refractivity contribution in [3.63, 3.8) is 0 Å². The molecule has 1 aliphatic carbocycles. The Bertz CT molecular complexity index is 1160. The molecule has 0 aliphatic heterocycles. The van der Waals surface area contributed by atoms with Crippen molar-refractivity contribution in [1.29, 1.82) is 0 Å². The molecule has 5 heteroatoms. The maximum atomic E-state index is 12.8. The molecule has 0 saturated carbocycles. The van der Waals surface area contributed by atoms with Gasteiger partial charge in [-0.2, -0.15) is 0 Å². The maximum Gasteiger partial charge on any atom is 0.267 e. The summed E-state index contributed by atoms with van der Waals surface area (Å²) in [7, 11) is 0. The lowest BCUT2D eigenvalue weighted by Gasteiger charge is -2.25. The molecule has 0 aromatic heterocycles. The molecule has 4 nitrogen and oxygen atoms in total. The van der Waals surface area contributed by atoms with Gasteiger partial charge in [0.05, 0.1) is 0 Å². The highest BCUT2D eigenvalue weighted by Crippen LogP contribution is 2.25. The van der Waals surface area contributed by atoms with Crippen molar-refractivity contribution in [2.24, 2.45) is 0 Å². The number of carbonyl (C=O) groups excluding carboxylic acids is 2. The van der Waals surface area contributed by atoms with Crippen LogP contribution in [0, 0.1) is 0 Å². The average Bonchev–Trinajstić information content (AvgIpc) is 3.22. The molecule has 4 rings (SSSR count). The number of hydrogen-bond donors (Lipinski definition) is 1. The molecule has 0 radical (unpaired) electrons. The Morgan fingerprint density at radius 1 is 0.935 bits per heavy atom. The van der Waals surface area contributed by atoms with Gasteiger partial charge in [-0.15, -0.1) is 0 Å². The Balaban J connectivity index is 1.42. The Hall–Kier alpha value is -3.37. The first-order valence-corrected chi connectivity index (χ1v) is 10.4. The van der Waals surface area contributed by atoms with E-state index in [0.717, 1.165) is 17.7 Å². The third-order valence-electron chi connectivity index (χ3n) is 5.18. The Labute approximate surface area is 186 Å². The van der Waals surface area contributed by atoms with Crippen LogP contribution >= 0.6 is 11.6 Å². The van der Waals surface area contributed by atoms with E-state index in [2.05, 4.69) is 17.5 Å². The first-order valence-electron chi connectivity index (χ1n) is 10.0. The fraction of sp³-hybridized carbons (Fsp3) is 0.154. The average molecular weight is 432 g/mol. The number of halogens is 1. The largest absolute Gasteiger partial charge is 0.478 e. The van der Waals surface area contributed by atoms with Crippen LogP contribution in [0.5, 0.6) is 5.75 Å². The molecule has 1 amide bonds. The van der Waals surface area contributed by atoms with Crippen LogP contribution in [0.3, 0.4) is 0 Å². The van der Waals surface area contributed by atoms with E-state index < -0.39 is 5.60 Å². The van der Waals surface area contributed by atoms with E-state index in [-0.39, 0.29) is 11.7 Å². The molecule has 1 aliphatic rings. The minimum Gasteiger partial charge on any atom is -0.478 e. The summed E-state index contributed by atoms with van der Waals surface area (Å²) in [6.07, 6.45) is 5.08. The minimum atomic E-state index is -1.10. The van der Waals surface area contributed by atoms with Crippen LogP contribution in [0.4, 0.5) is 5.69 Å². The summed E-state index contributed by atoms with van der Waals surface area (Å²) in [5, 5.41) is 3.51. The van der Waals surface area contributed by atoms with Gasteiger partial charge >= 0.3 is 0 Å². The minimum absolute atomic E-state index is 0.106. The molecule has 0 unspecified atom stereocenters. The number of carbonyl (C=O) groups is 2. The van der Waals surface area contributed by atoms with Crippen molar-refractivity contribution in [1.82, 2.24) is 0 Å². The highest BCUT2D eigenvalue weighted by Gasteiger charge is 2.30. The van der Waals surface area contributed by atoms with Gasteiger partial charge in [-0.1, -0.05) is 29.8 Å². The third kappa shape index (κ3) is 4.70. The molecule has 0 atom stereocenters. The van der Waals surface area contributed by atoms with Crippen molar-refractivity contribution in [3.05, 3.63) is 100 Å². The summed E-state index contributed by atoms with van der Waals surface area (Å²) in [5.74, 6) is 0.145. The van der Waals surface area contributed by atoms with E-state index >= 15 is 0 Å². The Morgan fingerprint density at radius 3 is 2.26 bits per heavy atom. The summed E-state index contributed by atoms with van der Waals surface area (Å²) >= 11 is 5.88. The lowest BCUT2D eigenvalue weighted by Crippen LogP contribution is -2.42. The Kier molecular flexibility index (Phi) is 5.66. The first kappa shape index (κ1) is 20.9. The fourth-order valence-corrected chi connectivity index (χ4v) is 3.52. The van der Waals surface area contributed by atoms with E-state index in [1.54, 1.807) is 62.4 Å². The highest BCUT2D eigenvalue weighted by molar-refractivity contribution is 6.30. The molecule has 0 heterocycles. The third-order valence-corrected chi connectivity index (χ3v) is 5.43. The number of hydrogen-bond acceptors (Lipinski definition) is 3. The summed E-state index contributed by atoms with van der Waals surface area (Å²) in [5.41, 5.74) is 3.09. The van der Waals surface area contributed by atoms with Crippen molar-refractivity contribution in [3.8, 4) is 5.75 Å². The number of rotatable bonds is 6. The van der Waals surface area contributed by atoms with Gasteiger partial charge in [0.25, 0.3) is 5.91 Å². The lowest BCUT2D eigenvalue weighted by atomic mass is 10.0. The summed E-state index contributed by atoms with van der Waals surface area (Å²) < 4.78 is 5.93. The quantitative estimate of drug-likeness (QED) is 0.491. The van der Waals surface area contributed by atoms with Gasteiger partial charge in [0.2, 0.25) is 0 Å². The monoisotopic (exact) mass is 431 g/mol. The molecule has 3 aromatic carbocycles. The number of anilines is 1. The second-order valence-corrected chi connectivity index (χ2v) is 8.38. The molecule has 0 spiro atoms. The van der Waals surface area contributed by atoms with Crippen LogP contribution in [-0.4, -0.2) is 17.3 Å². The number of allylic oxidation sites excluding steroid dienone is 1. The topological polar surface area (TPSA) is 55.4 Å². The molecule has 1 N–H and O–H groups in total. The molecular formula is C26H22ClNO3. The van der Waals surface area contributed by atoms with Crippen LogP contribution in [0.15, 0.2) is 72.8 Å². The predicted octanol–water partition coefficient (Wildman–Crippen LogP) is 5.94. The number of nitrogens with one attached hydrogen (secondary N) is 1. The molecule has 0 fully saturated rings. The van der Waals surface area contributed by atoms with Gasteiger partial charge in [0, 0.05) is 21.8 Å². The number of benzene rings is 3. The van der Waals surface area contributed by atoms with E-state index in [0.29, 0.717) is 21.9 Å². The summed E-state index contributed by atoms with van der Waals surface area (Å²) in [6.45, 7) is 3.42. The zero-order chi connectivity index (χ0) is 22.0. The molecule has 31 heavy (non-hydrogen) atoms. The number of amides is 1. The van der Waals surface area contributed by atoms with Gasteiger partial charge in [0.1, 0.15) is 5.75 Å². The van der Waals surface area contributed by atoms with E-state index in [4.69, 9.17) is 16.3 Å². The van der Waals surface area contributed by atoms with Crippen LogP contribution in [-0.2, 0) is 11.2 Å². The second-order valence-electron chi connectivity index (χ2n) is 7.95. The summed E-state index contributed by atoms with van der Waals surface area (Å²) in [4.78, 5) is 25.4. The zero-order valence-corrected chi connectivity index (χ0v) is 18.1. The second kappa shape index (κ2) is 8.40. The first-order chi connectivity index (χ1) is 14.8. The van der Waals surface area contributed by atoms with E-state index in [9.17, 15) is 9.59 Å². The number of ether oxygens (including phenoxy) is 1. The van der Waals surface area contributed by atoms with Crippen LogP contribution in [0.1, 0.15) is 40.9 Å². The number of fused-ring (bicyclic) bond motifs is 1. The zero-order valence-electron chi connectivity index (χ0n) is 17.3. The van der Waals surface area contributed by atoms with Gasteiger partial charge in [-0.05, 0) is 92.1 Å². The maximum absolute atomic E-state index is 12.8. The molecule has 3 aromatic rings. The van der Waals surface area contributed by atoms with Gasteiger partial charge in [-0.25, -0.2) is 0 Å². The highest BCUT2D eigenvalue weighted by atomic mass is 35.5. The fourth-order valence-electron chi connectivity index (χ4n) is 3.39. The Morgan fingerprint density at radius 2 is 1.58 bits per heavy atom. The normalized spacial score (nSPS) is 12.4. The van der Waals surface area contributed by atoms with Gasteiger partial charge in [0.15, 0.2) is 11.4 Å². The van der Waals surface area contributed by atoms with Crippen LogP contribution in [0.25, 0.3) is 6.08 Å². The van der Waals surface area contributed by atoms with E-state index in [1.807, 2.05) is 18.2 Å². The van der Waals surface area contributed by atoms with Gasteiger partial charge in [-0.3, -0.25) is 9.59 Å². The molecule has 0 saturated heterocycles. The smallest absolute Gasteiger partial charge is 0.267 e. The molecule has 0 bridgehead atoms. The van der Waals surface area contributed by atoms with Crippen molar-refractivity contribution in [2.75, 3.05) is 5.32 Å². The van der Waals surface area contributed by atoms with Gasteiger partial charge < -0.3 is 10.1 Å². The summed E-state index contributed by atoms with van der Waals surface area (Å²) in [6, 6.07) is 19.4. The van der Waals surface area contributed by atoms with E-state index in [1.165, 1.54) is 5.56 Å². The van der Waals surface area contributed by atoms with Crippen LogP contribution in [0.2, 0.25) is 5.02 Å². The van der Waals surface area contributed by atoms with Crippen molar-refractivity contribution in [2.45, 2.75) is 25.9 Å². The van der Waals surface area contributed by atoms with Crippen molar-refractivity contribution < 1.29 is 14.3 Å². The lowest BCUT2D eigenvalue weighted by molar-refractivity contribution is -0.128. The number of ketones is 1. The molecule has 156 valence electrons. The SMILES string of the molecule is CC(C)(Oc1ccc(C(=O)c2ccc(Cl)cc2)cc1)C(=O)Nc1ccc2c(c1)C=CC2. The molecular weight excluding hydrogens is 410 g/mol. The van der Waals surface area contributed by atoms with Crippen LogP contribution < -0.4 is 10.1 Å². The van der Waals surface area contributed by atoms with Crippen molar-refractivity contribution >= 4 is 35.1 Å². The standard InChI is InChI=1S/C26H22ClNO3/c1-26(2,25(30)28-22-13-8-17-4-3-5-20(17)16-22)31-23-14-9-19(10-15-23)24(29)18-6-11-21(27)12-7-18/h3,5-16H,4H2,1-2H3,(H,28,30).